The van der Waals surface area contributed by atoms with Gasteiger partial charge in [0.2, 0.25) is 5.95 Å². The van der Waals surface area contributed by atoms with Gasteiger partial charge in [0, 0.05) is 28.4 Å². The Balaban J connectivity index is 0.00000289. The largest absolute Gasteiger partial charge is 0.324 e. The Morgan fingerprint density at radius 3 is 2.51 bits per heavy atom. The molecule has 1 aliphatic heterocycles. The second-order valence-corrected chi connectivity index (χ2v) is 7.97. The van der Waals surface area contributed by atoms with E-state index in [-0.39, 0.29) is 35.6 Å². The highest BCUT2D eigenvalue weighted by Crippen LogP contribution is 2.33. The van der Waals surface area contributed by atoms with Gasteiger partial charge in [0.1, 0.15) is 6.04 Å². The SMILES string of the molecule is Cl.O=C(Nc1nc2n(n1)C(c1ccccc1)C=C(c1ccc(Cl)cc1)N2)c1cccc([N+](=O)[O-])c1. The van der Waals surface area contributed by atoms with Crippen molar-refractivity contribution in [3.05, 3.63) is 117 Å². The number of aromatic nitrogens is 3. The average Bonchev–Trinajstić information content (AvgIpc) is 3.26. The number of benzene rings is 3. The molecule has 3 aromatic carbocycles. The molecule has 0 radical (unpaired) electrons. The van der Waals surface area contributed by atoms with E-state index in [2.05, 4.69) is 20.7 Å². The lowest BCUT2D eigenvalue weighted by Gasteiger charge is -2.24. The fourth-order valence-corrected chi connectivity index (χ4v) is 3.79. The van der Waals surface area contributed by atoms with Gasteiger partial charge >= 0.3 is 0 Å². The van der Waals surface area contributed by atoms with Crippen LogP contribution in [0.2, 0.25) is 5.02 Å². The molecule has 176 valence electrons. The molecule has 11 heteroatoms. The number of amides is 1. The molecule has 0 saturated carbocycles. The first-order valence-corrected chi connectivity index (χ1v) is 10.7. The minimum atomic E-state index is -0.553. The molecular formula is C24H18Cl2N6O3. The van der Waals surface area contributed by atoms with E-state index in [1.54, 1.807) is 16.8 Å². The number of hydrogen-bond acceptors (Lipinski definition) is 6. The second kappa shape index (κ2) is 9.96. The molecular weight excluding hydrogens is 491 g/mol. The number of non-ortho nitro benzene ring substituents is 1. The molecule has 1 unspecified atom stereocenters. The van der Waals surface area contributed by atoms with Crippen molar-refractivity contribution in [3.63, 3.8) is 0 Å². The number of nitro benzene ring substituents is 1. The summed E-state index contributed by atoms with van der Waals surface area (Å²) in [5.41, 5.74) is 2.68. The molecule has 9 nitrogen and oxygen atoms in total. The summed E-state index contributed by atoms with van der Waals surface area (Å²) in [6, 6.07) is 22.4. The first-order chi connectivity index (χ1) is 16.5. The summed E-state index contributed by atoms with van der Waals surface area (Å²) >= 11 is 6.04. The maximum Gasteiger partial charge on any atom is 0.270 e. The number of nitro groups is 1. The zero-order valence-electron chi connectivity index (χ0n) is 18.0. The molecule has 5 rings (SSSR count). The van der Waals surface area contributed by atoms with Crippen molar-refractivity contribution >= 4 is 53.2 Å². The molecule has 2 heterocycles. The normalized spacial score (nSPS) is 14.1. The summed E-state index contributed by atoms with van der Waals surface area (Å²) in [7, 11) is 0. The number of carbonyl (C=O) groups excluding carboxylic acids is 1. The maximum absolute atomic E-state index is 12.7. The molecule has 0 spiro atoms. The highest BCUT2D eigenvalue weighted by molar-refractivity contribution is 6.30. The summed E-state index contributed by atoms with van der Waals surface area (Å²) in [5.74, 6) is -0.0323. The standard InChI is InChI=1S/C24H17ClN6O3.ClH/c25-18-11-9-15(10-12-18)20-14-21(16-5-2-1-3-6-16)30-24(26-20)28-23(29-30)27-22(32)17-7-4-8-19(13-17)31(33)34;/h1-14,21H,(H2,26,27,28,29,32);1H. The number of anilines is 2. The summed E-state index contributed by atoms with van der Waals surface area (Å²) in [6.07, 6.45) is 2.02. The summed E-state index contributed by atoms with van der Waals surface area (Å²) in [5, 5.41) is 22.0. The van der Waals surface area contributed by atoms with Gasteiger partial charge in [0.05, 0.1) is 4.92 Å². The number of allylic oxidation sites excluding steroid dienone is 1. The van der Waals surface area contributed by atoms with Gasteiger partial charge < -0.3 is 5.32 Å². The van der Waals surface area contributed by atoms with E-state index in [1.807, 2.05) is 48.5 Å². The van der Waals surface area contributed by atoms with Crippen molar-refractivity contribution in [1.29, 1.82) is 0 Å². The van der Waals surface area contributed by atoms with Crippen LogP contribution in [0.1, 0.15) is 27.5 Å². The summed E-state index contributed by atoms with van der Waals surface area (Å²) in [6.45, 7) is 0. The molecule has 0 bridgehead atoms. The van der Waals surface area contributed by atoms with E-state index in [0.717, 1.165) is 16.8 Å². The average molecular weight is 509 g/mol. The van der Waals surface area contributed by atoms with Gasteiger partial charge in [-0.05, 0) is 35.4 Å². The van der Waals surface area contributed by atoms with E-state index in [1.165, 1.54) is 24.3 Å². The molecule has 35 heavy (non-hydrogen) atoms. The Hall–Kier alpha value is -4.21. The number of carbonyl (C=O) groups is 1. The third-order valence-electron chi connectivity index (χ3n) is 5.31. The number of nitrogens with one attached hydrogen (secondary N) is 2. The quantitative estimate of drug-likeness (QED) is 0.269. The fourth-order valence-electron chi connectivity index (χ4n) is 3.67. The lowest BCUT2D eigenvalue weighted by Crippen LogP contribution is -2.20. The Morgan fingerprint density at radius 1 is 1.06 bits per heavy atom. The van der Waals surface area contributed by atoms with Crippen LogP contribution in [0.4, 0.5) is 17.6 Å². The van der Waals surface area contributed by atoms with Crippen LogP contribution >= 0.6 is 24.0 Å². The Bertz CT molecular complexity index is 1420. The van der Waals surface area contributed by atoms with E-state index >= 15 is 0 Å². The second-order valence-electron chi connectivity index (χ2n) is 7.53. The van der Waals surface area contributed by atoms with Crippen LogP contribution in [-0.2, 0) is 0 Å². The van der Waals surface area contributed by atoms with Crippen LogP contribution < -0.4 is 10.6 Å². The van der Waals surface area contributed by atoms with Crippen LogP contribution in [0.15, 0.2) is 84.9 Å². The van der Waals surface area contributed by atoms with Crippen molar-refractivity contribution in [1.82, 2.24) is 14.8 Å². The lowest BCUT2D eigenvalue weighted by atomic mass is 10.0. The molecule has 1 aromatic heterocycles. The highest BCUT2D eigenvalue weighted by Gasteiger charge is 2.26. The highest BCUT2D eigenvalue weighted by atomic mass is 35.5. The van der Waals surface area contributed by atoms with E-state index in [9.17, 15) is 14.9 Å². The molecule has 0 fully saturated rings. The Labute approximate surface area is 211 Å². The topological polar surface area (TPSA) is 115 Å². The zero-order valence-corrected chi connectivity index (χ0v) is 19.5. The van der Waals surface area contributed by atoms with Gasteiger partial charge in [-0.15, -0.1) is 17.5 Å². The van der Waals surface area contributed by atoms with Crippen molar-refractivity contribution < 1.29 is 9.72 Å². The van der Waals surface area contributed by atoms with Crippen LogP contribution in [0, 0.1) is 10.1 Å². The molecule has 0 saturated heterocycles. The third kappa shape index (κ3) is 5.01. The molecule has 2 N–H and O–H groups in total. The minimum Gasteiger partial charge on any atom is -0.324 e. The van der Waals surface area contributed by atoms with Crippen LogP contribution in [0.25, 0.3) is 5.70 Å². The molecule has 0 aliphatic carbocycles. The number of nitrogens with zero attached hydrogens (tertiary/aromatic N) is 4. The number of halogens is 2. The van der Waals surface area contributed by atoms with Gasteiger partial charge in [0.25, 0.3) is 17.5 Å². The molecule has 1 atom stereocenters. The van der Waals surface area contributed by atoms with Crippen molar-refractivity contribution in [2.45, 2.75) is 6.04 Å². The Kier molecular flexibility index (Phi) is 6.81. The first-order valence-electron chi connectivity index (χ1n) is 10.3. The van der Waals surface area contributed by atoms with E-state index in [0.29, 0.717) is 11.0 Å². The molecule has 1 amide bonds. The number of hydrogen-bond donors (Lipinski definition) is 2. The molecule has 4 aromatic rings. The van der Waals surface area contributed by atoms with E-state index in [4.69, 9.17) is 11.6 Å². The van der Waals surface area contributed by atoms with Gasteiger partial charge in [-0.25, -0.2) is 4.68 Å². The van der Waals surface area contributed by atoms with Gasteiger partial charge in [-0.3, -0.25) is 20.2 Å². The maximum atomic E-state index is 12.7. The Morgan fingerprint density at radius 2 is 1.80 bits per heavy atom. The van der Waals surface area contributed by atoms with Crippen molar-refractivity contribution in [3.8, 4) is 0 Å². The van der Waals surface area contributed by atoms with Gasteiger partial charge in [-0.2, -0.15) is 4.98 Å². The molecule has 1 aliphatic rings. The first kappa shape index (κ1) is 23.9. The van der Waals surface area contributed by atoms with Crippen LogP contribution in [0.3, 0.4) is 0 Å². The number of fused-ring (bicyclic) bond motifs is 1. The summed E-state index contributed by atoms with van der Waals surface area (Å²) < 4.78 is 1.68. The van der Waals surface area contributed by atoms with Gasteiger partial charge in [0.15, 0.2) is 0 Å². The predicted molar refractivity (Wildman–Crippen MR) is 136 cm³/mol. The van der Waals surface area contributed by atoms with Crippen molar-refractivity contribution in [2.24, 2.45) is 0 Å². The fraction of sp³-hybridized carbons (Fsp3) is 0.0417. The summed E-state index contributed by atoms with van der Waals surface area (Å²) in [4.78, 5) is 27.6. The monoisotopic (exact) mass is 508 g/mol. The van der Waals surface area contributed by atoms with Crippen molar-refractivity contribution in [2.75, 3.05) is 10.6 Å². The van der Waals surface area contributed by atoms with E-state index < -0.39 is 10.8 Å². The predicted octanol–water partition coefficient (Wildman–Crippen LogP) is 5.57. The van der Waals surface area contributed by atoms with Crippen LogP contribution in [0.5, 0.6) is 0 Å². The minimum absolute atomic E-state index is 0. The smallest absolute Gasteiger partial charge is 0.270 e. The lowest BCUT2D eigenvalue weighted by molar-refractivity contribution is -0.384. The van der Waals surface area contributed by atoms with Gasteiger partial charge in [-0.1, -0.05) is 60.1 Å². The third-order valence-corrected chi connectivity index (χ3v) is 5.56. The zero-order chi connectivity index (χ0) is 23.7. The van der Waals surface area contributed by atoms with Crippen LogP contribution in [-0.4, -0.2) is 25.6 Å². The number of rotatable bonds is 5.